The molecule has 108 valence electrons. The van der Waals surface area contributed by atoms with E-state index in [1.54, 1.807) is 36.4 Å². The summed E-state index contributed by atoms with van der Waals surface area (Å²) in [6.45, 7) is 0.288. The number of nitrogens with zero attached hydrogens (tertiary/aromatic N) is 1. The Morgan fingerprint density at radius 1 is 1.24 bits per heavy atom. The van der Waals surface area contributed by atoms with Crippen LogP contribution in [-0.2, 0) is 9.53 Å². The summed E-state index contributed by atoms with van der Waals surface area (Å²) in [5, 5.41) is 0.386. The van der Waals surface area contributed by atoms with Gasteiger partial charge in [0.15, 0.2) is 5.76 Å². The lowest BCUT2D eigenvalue weighted by atomic mass is 10.1. The highest BCUT2D eigenvalue weighted by Crippen LogP contribution is 2.31. The van der Waals surface area contributed by atoms with Crippen molar-refractivity contribution >= 4 is 29.2 Å². The molecule has 0 aliphatic carbocycles. The van der Waals surface area contributed by atoms with Crippen molar-refractivity contribution in [3.05, 3.63) is 53.4 Å². The third-order valence-corrected chi connectivity index (χ3v) is 3.60. The molecule has 5 nitrogen and oxygen atoms in total. The third-order valence-electron chi connectivity index (χ3n) is 3.28. The van der Waals surface area contributed by atoms with Crippen LogP contribution in [0, 0.1) is 0 Å². The van der Waals surface area contributed by atoms with Gasteiger partial charge in [0, 0.05) is 6.42 Å². The summed E-state index contributed by atoms with van der Waals surface area (Å²) in [6.07, 6.45) is 1.83. The SMILES string of the molecule is O=C1OCCC1N(C(=O)c1ccco1)c1ccccc1Cl. The fraction of sp³-hybridized carbons (Fsp3) is 0.200. The van der Waals surface area contributed by atoms with E-state index >= 15 is 0 Å². The normalized spacial score (nSPS) is 17.6. The molecule has 0 saturated carbocycles. The fourth-order valence-corrected chi connectivity index (χ4v) is 2.53. The van der Waals surface area contributed by atoms with E-state index in [1.165, 1.54) is 11.2 Å². The zero-order valence-corrected chi connectivity index (χ0v) is 11.7. The number of rotatable bonds is 3. The Labute approximate surface area is 126 Å². The third kappa shape index (κ3) is 2.52. The summed E-state index contributed by atoms with van der Waals surface area (Å²) < 4.78 is 10.1. The van der Waals surface area contributed by atoms with Gasteiger partial charge in [0.2, 0.25) is 0 Å². The van der Waals surface area contributed by atoms with E-state index in [2.05, 4.69) is 0 Å². The molecule has 1 fully saturated rings. The fourth-order valence-electron chi connectivity index (χ4n) is 2.30. The molecule has 0 N–H and O–H groups in total. The minimum absolute atomic E-state index is 0.148. The number of furan rings is 1. The quantitative estimate of drug-likeness (QED) is 0.818. The van der Waals surface area contributed by atoms with E-state index in [0.717, 1.165) is 0 Å². The Kier molecular flexibility index (Phi) is 3.66. The number of anilines is 1. The Morgan fingerprint density at radius 3 is 2.67 bits per heavy atom. The molecule has 1 amide bonds. The van der Waals surface area contributed by atoms with Crippen molar-refractivity contribution < 1.29 is 18.7 Å². The summed E-state index contributed by atoms with van der Waals surface area (Å²) in [5.74, 6) is -0.707. The number of ether oxygens (including phenoxy) is 1. The zero-order valence-electron chi connectivity index (χ0n) is 11.0. The van der Waals surface area contributed by atoms with Crippen LogP contribution in [0.3, 0.4) is 0 Å². The average Bonchev–Trinajstić information content (AvgIpc) is 3.13. The highest BCUT2D eigenvalue weighted by Gasteiger charge is 2.38. The Hall–Kier alpha value is -2.27. The number of halogens is 1. The number of cyclic esters (lactones) is 1. The van der Waals surface area contributed by atoms with Crippen LogP contribution in [0.4, 0.5) is 5.69 Å². The van der Waals surface area contributed by atoms with Gasteiger partial charge in [-0.2, -0.15) is 0 Å². The van der Waals surface area contributed by atoms with Gasteiger partial charge in [-0.25, -0.2) is 4.79 Å². The summed E-state index contributed by atoms with van der Waals surface area (Å²) in [6, 6.07) is 9.34. The number of benzene rings is 1. The van der Waals surface area contributed by atoms with E-state index in [-0.39, 0.29) is 12.4 Å². The highest BCUT2D eigenvalue weighted by atomic mass is 35.5. The molecular formula is C15H12ClNO4. The largest absolute Gasteiger partial charge is 0.464 e. The van der Waals surface area contributed by atoms with Gasteiger partial charge in [-0.05, 0) is 24.3 Å². The maximum absolute atomic E-state index is 12.7. The van der Waals surface area contributed by atoms with Crippen LogP contribution < -0.4 is 4.90 Å². The summed E-state index contributed by atoms with van der Waals surface area (Å²) in [7, 11) is 0. The molecule has 3 rings (SSSR count). The molecular weight excluding hydrogens is 294 g/mol. The van der Waals surface area contributed by atoms with Gasteiger partial charge in [0.25, 0.3) is 5.91 Å². The first-order chi connectivity index (χ1) is 10.2. The van der Waals surface area contributed by atoms with Gasteiger partial charge in [-0.15, -0.1) is 0 Å². The Morgan fingerprint density at radius 2 is 2.05 bits per heavy atom. The van der Waals surface area contributed by atoms with Crippen LogP contribution in [0.1, 0.15) is 17.0 Å². The van der Waals surface area contributed by atoms with Crippen molar-refractivity contribution in [1.82, 2.24) is 0 Å². The van der Waals surface area contributed by atoms with Gasteiger partial charge in [0.1, 0.15) is 6.04 Å². The van der Waals surface area contributed by atoms with Crippen molar-refractivity contribution in [1.29, 1.82) is 0 Å². The molecule has 1 aliphatic heterocycles. The lowest BCUT2D eigenvalue weighted by Crippen LogP contribution is -2.43. The number of hydrogen-bond acceptors (Lipinski definition) is 4. The van der Waals surface area contributed by atoms with E-state index in [4.69, 9.17) is 20.8 Å². The van der Waals surface area contributed by atoms with Crippen molar-refractivity contribution in [2.75, 3.05) is 11.5 Å². The number of para-hydroxylation sites is 1. The van der Waals surface area contributed by atoms with Gasteiger partial charge in [-0.1, -0.05) is 23.7 Å². The van der Waals surface area contributed by atoms with Crippen LogP contribution in [0.25, 0.3) is 0 Å². The van der Waals surface area contributed by atoms with Crippen LogP contribution in [-0.4, -0.2) is 24.5 Å². The maximum Gasteiger partial charge on any atom is 0.329 e. The molecule has 2 aromatic rings. The zero-order chi connectivity index (χ0) is 14.8. The van der Waals surface area contributed by atoms with Crippen molar-refractivity contribution in [2.24, 2.45) is 0 Å². The first-order valence-electron chi connectivity index (χ1n) is 6.46. The molecule has 0 radical (unpaired) electrons. The highest BCUT2D eigenvalue weighted by molar-refractivity contribution is 6.34. The first kappa shape index (κ1) is 13.7. The van der Waals surface area contributed by atoms with Gasteiger partial charge >= 0.3 is 5.97 Å². The second kappa shape index (κ2) is 5.61. The molecule has 21 heavy (non-hydrogen) atoms. The molecule has 1 unspecified atom stereocenters. The molecule has 1 aromatic heterocycles. The standard InChI is InChI=1S/C15H12ClNO4/c16-10-4-1-2-5-11(10)17(12-7-9-21-15(12)19)14(18)13-6-3-8-20-13/h1-6,8,12H,7,9H2. The second-order valence-electron chi connectivity index (χ2n) is 4.58. The van der Waals surface area contributed by atoms with E-state index in [9.17, 15) is 9.59 Å². The van der Waals surface area contributed by atoms with E-state index < -0.39 is 17.9 Å². The molecule has 2 heterocycles. The van der Waals surface area contributed by atoms with Crippen LogP contribution in [0.5, 0.6) is 0 Å². The predicted octanol–water partition coefficient (Wildman–Crippen LogP) is 2.90. The number of esters is 1. The van der Waals surface area contributed by atoms with E-state index in [1.807, 2.05) is 0 Å². The summed E-state index contributed by atoms with van der Waals surface area (Å²) in [5.41, 5.74) is 0.462. The number of carbonyl (C=O) groups is 2. The van der Waals surface area contributed by atoms with Crippen LogP contribution in [0.2, 0.25) is 5.02 Å². The second-order valence-corrected chi connectivity index (χ2v) is 4.98. The van der Waals surface area contributed by atoms with Crippen molar-refractivity contribution in [3.8, 4) is 0 Å². The van der Waals surface area contributed by atoms with Gasteiger partial charge in [-0.3, -0.25) is 9.69 Å². The lowest BCUT2D eigenvalue weighted by Gasteiger charge is -2.26. The van der Waals surface area contributed by atoms with Crippen LogP contribution in [0.15, 0.2) is 47.1 Å². The van der Waals surface area contributed by atoms with Gasteiger partial charge in [0.05, 0.1) is 23.6 Å². The Balaban J connectivity index is 2.05. The van der Waals surface area contributed by atoms with Crippen LogP contribution >= 0.6 is 11.6 Å². The minimum Gasteiger partial charge on any atom is -0.464 e. The molecule has 1 aliphatic rings. The topological polar surface area (TPSA) is 59.8 Å². The molecule has 6 heteroatoms. The molecule has 0 bridgehead atoms. The molecule has 1 aromatic carbocycles. The first-order valence-corrected chi connectivity index (χ1v) is 6.84. The Bertz CT molecular complexity index is 668. The smallest absolute Gasteiger partial charge is 0.329 e. The van der Waals surface area contributed by atoms with E-state index in [0.29, 0.717) is 17.1 Å². The lowest BCUT2D eigenvalue weighted by molar-refractivity contribution is -0.139. The van der Waals surface area contributed by atoms with Gasteiger partial charge < -0.3 is 9.15 Å². The minimum atomic E-state index is -0.692. The average molecular weight is 306 g/mol. The number of carbonyl (C=O) groups excluding carboxylic acids is 2. The molecule has 0 spiro atoms. The monoisotopic (exact) mass is 305 g/mol. The predicted molar refractivity (Wildman–Crippen MR) is 76.3 cm³/mol. The number of amides is 1. The van der Waals surface area contributed by atoms with Crippen molar-refractivity contribution in [3.63, 3.8) is 0 Å². The number of hydrogen-bond donors (Lipinski definition) is 0. The van der Waals surface area contributed by atoms with Crippen molar-refractivity contribution in [2.45, 2.75) is 12.5 Å². The maximum atomic E-state index is 12.7. The summed E-state index contributed by atoms with van der Waals surface area (Å²) >= 11 is 6.17. The molecule has 1 atom stereocenters. The summed E-state index contributed by atoms with van der Waals surface area (Å²) in [4.78, 5) is 25.9. The molecule has 1 saturated heterocycles.